The Labute approximate surface area is 171 Å². The molecule has 0 spiro atoms. The van der Waals surface area contributed by atoms with E-state index in [4.69, 9.17) is 34.8 Å². The third-order valence-corrected chi connectivity index (χ3v) is 5.96. The number of amides is 2. The minimum Gasteiger partial charge on any atom is -0.301 e. The zero-order valence-corrected chi connectivity index (χ0v) is 16.6. The van der Waals surface area contributed by atoms with Crippen LogP contribution in [0.5, 0.6) is 0 Å². The summed E-state index contributed by atoms with van der Waals surface area (Å²) in [4.78, 5) is 30.7. The zero-order chi connectivity index (χ0) is 19.9. The number of fused-ring (bicyclic) bond motifs is 2. The van der Waals surface area contributed by atoms with Crippen LogP contribution in [-0.4, -0.2) is 33.5 Å². The van der Waals surface area contributed by atoms with Gasteiger partial charge in [0, 0.05) is 0 Å². The number of aromatic nitrogens is 2. The molecule has 0 aliphatic heterocycles. The first-order valence-electron chi connectivity index (χ1n) is 6.87. The Kier molecular flexibility index (Phi) is 5.69. The molecule has 14 heteroatoms. The minimum atomic E-state index is -4.75. The quantitative estimate of drug-likeness (QED) is 0.522. The smallest absolute Gasteiger partial charge is 0.301 e. The predicted octanol–water partition coefficient (Wildman–Crippen LogP) is 4.93. The minimum absolute atomic E-state index is 0.0728. The summed E-state index contributed by atoms with van der Waals surface area (Å²) >= 11 is 18.2. The van der Waals surface area contributed by atoms with Crippen molar-refractivity contribution in [2.75, 3.05) is 22.4 Å². The van der Waals surface area contributed by atoms with E-state index in [2.05, 4.69) is 20.6 Å². The third-order valence-electron chi connectivity index (χ3n) is 3.14. The predicted molar refractivity (Wildman–Crippen MR) is 102 cm³/mol. The van der Waals surface area contributed by atoms with E-state index in [1.54, 1.807) is 0 Å². The highest BCUT2D eigenvalue weighted by Gasteiger charge is 2.39. The highest BCUT2D eigenvalue weighted by molar-refractivity contribution is 7.25. The number of benzene rings is 1. The molecule has 0 saturated heterocycles. The molecule has 0 fully saturated rings. The van der Waals surface area contributed by atoms with Crippen LogP contribution >= 0.6 is 57.5 Å². The Balaban J connectivity index is 2.27. The van der Waals surface area contributed by atoms with Crippen LogP contribution in [0, 0.1) is 0 Å². The number of anilines is 2. The molecule has 2 heterocycles. The third kappa shape index (κ3) is 3.92. The van der Waals surface area contributed by atoms with Crippen molar-refractivity contribution in [1.29, 1.82) is 0 Å². The second-order valence-electron chi connectivity index (χ2n) is 4.94. The van der Waals surface area contributed by atoms with Crippen molar-refractivity contribution < 1.29 is 22.8 Å². The van der Waals surface area contributed by atoms with Crippen molar-refractivity contribution in [2.24, 2.45) is 0 Å². The Hall–Kier alpha value is -1.40. The summed E-state index contributed by atoms with van der Waals surface area (Å²) in [6.07, 6.45) is -4.75. The van der Waals surface area contributed by atoms with E-state index >= 15 is 0 Å². The molecule has 144 valence electrons. The normalized spacial score (nSPS) is 11.9. The molecule has 2 aromatic heterocycles. The number of alkyl halides is 5. The number of hydrogen-bond donors (Lipinski definition) is 2. The lowest BCUT2D eigenvalue weighted by atomic mass is 10.2. The first kappa shape index (κ1) is 20.3. The molecule has 2 N–H and O–H groups in total. The first-order valence-corrected chi connectivity index (χ1v) is 9.95. The second kappa shape index (κ2) is 7.55. The molecule has 3 rings (SSSR count). The molecule has 0 atom stereocenters. The molecule has 0 radical (unpaired) electrons. The van der Waals surface area contributed by atoms with Gasteiger partial charge in [-0.05, 0) is 0 Å². The fraction of sp³-hybridized carbons (Fsp3) is 0.231. The lowest BCUT2D eigenvalue weighted by Crippen LogP contribution is -2.12. The Morgan fingerprint density at radius 2 is 1.33 bits per heavy atom. The average Bonchev–Trinajstić information content (AvgIpc) is 3.18. The van der Waals surface area contributed by atoms with E-state index in [-0.39, 0.29) is 47.5 Å². The lowest BCUT2D eigenvalue weighted by molar-refractivity contribution is -0.134. The molecule has 27 heavy (non-hydrogen) atoms. The van der Waals surface area contributed by atoms with Crippen molar-refractivity contribution in [3.8, 4) is 0 Å². The number of carbonyl (C=O) groups excluding carboxylic acids is 2. The van der Waals surface area contributed by atoms with E-state index < -0.39 is 23.6 Å². The monoisotopic (exact) mass is 476 g/mol. The number of rotatable bonds is 4. The molecule has 6 nitrogen and oxygen atoms in total. The van der Waals surface area contributed by atoms with E-state index in [0.29, 0.717) is 22.7 Å². The Bertz CT molecular complexity index is 993. The highest BCUT2D eigenvalue weighted by atomic mass is 35.5. The van der Waals surface area contributed by atoms with Crippen molar-refractivity contribution in [3.63, 3.8) is 0 Å². The van der Waals surface area contributed by atoms with Gasteiger partial charge >= 0.3 is 6.18 Å². The lowest BCUT2D eigenvalue weighted by Gasteiger charge is -2.09. The number of halogens is 6. The standard InChI is InChI=1S/C13H6Cl3F3N4O2S2/c14-1-3(24)20-11-22-7-6(16)8-10(5(9(7)26-11)13(17,18)19)27-12(23-8)21-4(25)2-15/h1-2H2,(H,20,22,24)(H,21,23,25). The molecule has 0 unspecified atom stereocenters. The van der Waals surface area contributed by atoms with Gasteiger partial charge in [-0.1, -0.05) is 34.3 Å². The van der Waals surface area contributed by atoms with E-state index in [0.717, 1.165) is 0 Å². The maximum Gasteiger partial charge on any atom is 0.419 e. The molecular weight excluding hydrogens is 472 g/mol. The number of nitrogens with zero attached hydrogens (tertiary/aromatic N) is 2. The summed E-state index contributed by atoms with van der Waals surface area (Å²) in [6, 6.07) is 0. The summed E-state index contributed by atoms with van der Waals surface area (Å²) < 4.78 is 40.7. The highest BCUT2D eigenvalue weighted by Crippen LogP contribution is 2.48. The van der Waals surface area contributed by atoms with Crippen molar-refractivity contribution >= 4 is 100.0 Å². The van der Waals surface area contributed by atoms with E-state index in [9.17, 15) is 22.8 Å². The molecule has 0 saturated carbocycles. The maximum absolute atomic E-state index is 13.8. The van der Waals surface area contributed by atoms with Gasteiger partial charge in [-0.25, -0.2) is 9.97 Å². The molecule has 0 bridgehead atoms. The van der Waals surface area contributed by atoms with Gasteiger partial charge in [-0.15, -0.1) is 23.2 Å². The SMILES string of the molecule is O=C(CCl)Nc1nc2c(Cl)c3nc(NC(=O)CCl)sc3c(C(F)(F)F)c2s1. The number of hydrogen-bond acceptors (Lipinski definition) is 6. The number of nitrogens with one attached hydrogen (secondary N) is 2. The van der Waals surface area contributed by atoms with Gasteiger partial charge < -0.3 is 10.6 Å². The fourth-order valence-corrected chi connectivity index (χ4v) is 4.86. The van der Waals surface area contributed by atoms with Crippen LogP contribution in [0.3, 0.4) is 0 Å². The summed E-state index contributed by atoms with van der Waals surface area (Å²) in [6.45, 7) is 0. The number of thiazole rings is 2. The van der Waals surface area contributed by atoms with Gasteiger partial charge in [0.05, 0.1) is 20.0 Å². The summed E-state index contributed by atoms with van der Waals surface area (Å²) in [5.74, 6) is -2.00. The molecule has 0 aliphatic carbocycles. The van der Waals surface area contributed by atoms with Gasteiger partial charge in [0.2, 0.25) is 11.8 Å². The van der Waals surface area contributed by atoms with Gasteiger partial charge in [-0.2, -0.15) is 13.2 Å². The maximum atomic E-state index is 13.8. The van der Waals surface area contributed by atoms with Gasteiger partial charge in [0.25, 0.3) is 0 Å². The van der Waals surface area contributed by atoms with Crippen LogP contribution in [0.1, 0.15) is 5.56 Å². The van der Waals surface area contributed by atoms with Gasteiger partial charge in [0.15, 0.2) is 10.3 Å². The molecule has 0 aliphatic rings. The Morgan fingerprint density at radius 1 is 0.926 bits per heavy atom. The molecule has 1 aromatic carbocycles. The van der Waals surface area contributed by atoms with Crippen LogP contribution in [0.2, 0.25) is 5.02 Å². The summed E-state index contributed by atoms with van der Waals surface area (Å²) in [5.41, 5.74) is -1.32. The van der Waals surface area contributed by atoms with Gasteiger partial charge in [-0.3, -0.25) is 9.59 Å². The van der Waals surface area contributed by atoms with Crippen LogP contribution in [0.4, 0.5) is 23.4 Å². The number of carbonyl (C=O) groups is 2. The van der Waals surface area contributed by atoms with Gasteiger partial charge in [0.1, 0.15) is 22.8 Å². The molecular formula is C13H6Cl3F3N4O2S2. The largest absolute Gasteiger partial charge is 0.419 e. The van der Waals surface area contributed by atoms with Crippen LogP contribution in [0.15, 0.2) is 0 Å². The van der Waals surface area contributed by atoms with E-state index in [1.807, 2.05) is 0 Å². The van der Waals surface area contributed by atoms with Crippen LogP contribution in [0.25, 0.3) is 20.4 Å². The molecule has 3 aromatic rings. The Morgan fingerprint density at radius 3 is 1.67 bits per heavy atom. The average molecular weight is 478 g/mol. The fourth-order valence-electron chi connectivity index (χ4n) is 2.16. The van der Waals surface area contributed by atoms with Crippen LogP contribution in [-0.2, 0) is 15.8 Å². The zero-order valence-electron chi connectivity index (χ0n) is 12.7. The van der Waals surface area contributed by atoms with Crippen LogP contribution < -0.4 is 10.6 Å². The summed E-state index contributed by atoms with van der Waals surface area (Å²) in [5, 5.41) is 4.33. The van der Waals surface area contributed by atoms with E-state index in [1.165, 1.54) is 0 Å². The van der Waals surface area contributed by atoms with Crippen molar-refractivity contribution in [1.82, 2.24) is 9.97 Å². The molecule has 2 amide bonds. The van der Waals surface area contributed by atoms with Crippen molar-refractivity contribution in [3.05, 3.63) is 10.6 Å². The first-order chi connectivity index (χ1) is 12.7. The topological polar surface area (TPSA) is 84.0 Å². The van der Waals surface area contributed by atoms with Crippen molar-refractivity contribution in [2.45, 2.75) is 6.18 Å². The second-order valence-corrected chi connectivity index (χ2v) is 7.85. The summed E-state index contributed by atoms with van der Waals surface area (Å²) in [7, 11) is 0.